The van der Waals surface area contributed by atoms with Crippen LogP contribution in [0.5, 0.6) is 0 Å². The molecule has 118 valence electrons. The summed E-state index contributed by atoms with van der Waals surface area (Å²) in [7, 11) is 1.27. The molecule has 2 aromatic heterocycles. The fourth-order valence-electron chi connectivity index (χ4n) is 1.79. The van der Waals surface area contributed by atoms with E-state index in [2.05, 4.69) is 10.3 Å². The molecule has 0 fully saturated rings. The number of aliphatic carboxylic acids is 1. The van der Waals surface area contributed by atoms with Crippen molar-refractivity contribution >= 4 is 11.9 Å². The number of nitrogens with one attached hydrogen (secondary N) is 1. The second kappa shape index (κ2) is 6.90. The first kappa shape index (κ1) is 15.8. The van der Waals surface area contributed by atoms with Gasteiger partial charge in [-0.05, 0) is 19.1 Å². The maximum atomic E-state index is 11.8. The van der Waals surface area contributed by atoms with Crippen LogP contribution in [0, 0.1) is 6.92 Å². The van der Waals surface area contributed by atoms with Crippen molar-refractivity contribution in [1.82, 2.24) is 10.3 Å². The summed E-state index contributed by atoms with van der Waals surface area (Å²) < 4.78 is 15.3. The highest BCUT2D eigenvalue weighted by Crippen LogP contribution is 2.22. The van der Waals surface area contributed by atoms with Gasteiger partial charge in [-0.25, -0.2) is 9.78 Å². The van der Waals surface area contributed by atoms with Gasteiger partial charge in [0.25, 0.3) is 5.89 Å². The topological polar surface area (TPSA) is 115 Å². The lowest BCUT2D eigenvalue weighted by Gasteiger charge is -2.10. The number of ether oxygens (including phenoxy) is 1. The summed E-state index contributed by atoms with van der Waals surface area (Å²) in [6.45, 7) is 1.57. The van der Waals surface area contributed by atoms with Gasteiger partial charge in [-0.1, -0.05) is 0 Å². The van der Waals surface area contributed by atoms with Crippen molar-refractivity contribution in [2.24, 2.45) is 0 Å². The van der Waals surface area contributed by atoms with E-state index < -0.39 is 12.1 Å². The van der Waals surface area contributed by atoms with Crippen molar-refractivity contribution in [3.63, 3.8) is 0 Å². The third-order valence-corrected chi connectivity index (χ3v) is 3.00. The van der Waals surface area contributed by atoms with Crippen LogP contribution in [0.15, 0.2) is 27.2 Å². The lowest BCUT2D eigenvalue weighted by molar-refractivity contribution is -0.148. The number of hydrogen-bond donors (Lipinski definition) is 2. The van der Waals surface area contributed by atoms with Crippen molar-refractivity contribution in [3.8, 4) is 11.7 Å². The number of amides is 1. The molecule has 0 aliphatic rings. The largest absolute Gasteiger partial charge is 0.479 e. The van der Waals surface area contributed by atoms with Gasteiger partial charge in [0.15, 0.2) is 11.9 Å². The summed E-state index contributed by atoms with van der Waals surface area (Å²) in [5.74, 6) is -0.236. The number of hydrogen-bond acceptors (Lipinski definition) is 6. The molecule has 0 spiro atoms. The van der Waals surface area contributed by atoms with E-state index in [4.69, 9.17) is 18.7 Å². The van der Waals surface area contributed by atoms with Crippen molar-refractivity contribution < 1.29 is 28.3 Å². The van der Waals surface area contributed by atoms with E-state index in [1.807, 2.05) is 0 Å². The minimum absolute atomic E-state index is 0.0217. The number of methoxy groups -OCH3 is 1. The van der Waals surface area contributed by atoms with Gasteiger partial charge in [-0.2, -0.15) is 0 Å². The van der Waals surface area contributed by atoms with E-state index in [-0.39, 0.29) is 18.9 Å². The molecule has 2 aromatic rings. The number of carbonyl (C=O) groups is 2. The molecule has 8 heteroatoms. The molecule has 0 aliphatic heterocycles. The zero-order chi connectivity index (χ0) is 16.1. The molecule has 1 atom stereocenters. The van der Waals surface area contributed by atoms with E-state index in [0.29, 0.717) is 23.1 Å². The predicted molar refractivity (Wildman–Crippen MR) is 74.1 cm³/mol. The van der Waals surface area contributed by atoms with Crippen LogP contribution in [0.2, 0.25) is 0 Å². The van der Waals surface area contributed by atoms with E-state index >= 15 is 0 Å². The van der Waals surface area contributed by atoms with Gasteiger partial charge in [0.1, 0.15) is 5.76 Å². The number of carboxylic acid groups (broad SMARTS) is 1. The molecular formula is C14H16N2O6. The first-order chi connectivity index (χ1) is 10.5. The summed E-state index contributed by atoms with van der Waals surface area (Å²) in [5.41, 5.74) is 0.466. The van der Waals surface area contributed by atoms with Crippen LogP contribution in [0.25, 0.3) is 11.7 Å². The van der Waals surface area contributed by atoms with Crippen molar-refractivity contribution in [1.29, 1.82) is 0 Å². The number of aryl methyl sites for hydroxylation is 1. The highest BCUT2D eigenvalue weighted by atomic mass is 16.5. The Labute approximate surface area is 126 Å². The number of nitrogens with zero attached hydrogens (tertiary/aromatic N) is 1. The Balaban J connectivity index is 1.96. The molecule has 0 saturated heterocycles. The molecule has 1 amide bonds. The molecule has 0 bridgehead atoms. The van der Waals surface area contributed by atoms with Crippen molar-refractivity contribution in [2.75, 3.05) is 13.7 Å². The van der Waals surface area contributed by atoms with Crippen molar-refractivity contribution in [3.05, 3.63) is 29.9 Å². The smallest absolute Gasteiger partial charge is 0.334 e. The maximum absolute atomic E-state index is 11.8. The van der Waals surface area contributed by atoms with Crippen molar-refractivity contribution in [2.45, 2.75) is 19.4 Å². The van der Waals surface area contributed by atoms with Crippen LogP contribution < -0.4 is 5.32 Å². The number of furan rings is 1. The molecule has 22 heavy (non-hydrogen) atoms. The standard InChI is InChI=1S/C14H16N2O6/c1-8-9(16-13(22-8)10-4-3-5-21-10)6-12(17)15-7-11(20-2)14(18)19/h3-5,11H,6-7H2,1-2H3,(H,15,17)(H,18,19). The molecule has 0 aromatic carbocycles. The minimum atomic E-state index is -1.14. The SMILES string of the molecule is COC(CNC(=O)Cc1nc(-c2ccco2)oc1C)C(=O)O. The Morgan fingerprint density at radius 1 is 1.50 bits per heavy atom. The summed E-state index contributed by atoms with van der Waals surface area (Å²) in [4.78, 5) is 26.8. The summed E-state index contributed by atoms with van der Waals surface area (Å²) in [6, 6.07) is 3.41. The summed E-state index contributed by atoms with van der Waals surface area (Å²) in [5, 5.41) is 11.3. The maximum Gasteiger partial charge on any atom is 0.334 e. The average Bonchev–Trinajstić information content (AvgIpc) is 3.09. The molecule has 2 rings (SSSR count). The van der Waals surface area contributed by atoms with Crippen LogP contribution in [0.3, 0.4) is 0 Å². The normalized spacial score (nSPS) is 12.1. The fraction of sp³-hybridized carbons (Fsp3) is 0.357. The molecule has 2 heterocycles. The average molecular weight is 308 g/mol. The molecule has 0 aliphatic carbocycles. The van der Waals surface area contributed by atoms with E-state index in [1.165, 1.54) is 13.4 Å². The van der Waals surface area contributed by atoms with Crippen LogP contribution >= 0.6 is 0 Å². The zero-order valence-electron chi connectivity index (χ0n) is 12.2. The van der Waals surface area contributed by atoms with E-state index in [0.717, 1.165) is 0 Å². The highest BCUT2D eigenvalue weighted by Gasteiger charge is 2.19. The lowest BCUT2D eigenvalue weighted by Crippen LogP contribution is -2.38. The van der Waals surface area contributed by atoms with Crippen LogP contribution in [0.1, 0.15) is 11.5 Å². The molecule has 0 saturated carbocycles. The van der Waals surface area contributed by atoms with Gasteiger partial charge in [0.05, 0.1) is 24.9 Å². The minimum Gasteiger partial charge on any atom is -0.479 e. The number of carbonyl (C=O) groups excluding carboxylic acids is 1. The molecule has 8 nitrogen and oxygen atoms in total. The second-order valence-electron chi connectivity index (χ2n) is 4.54. The number of carboxylic acids is 1. The van der Waals surface area contributed by atoms with Crippen LogP contribution in [0.4, 0.5) is 0 Å². The summed E-state index contributed by atoms with van der Waals surface area (Å²) >= 11 is 0. The van der Waals surface area contributed by atoms with E-state index in [1.54, 1.807) is 19.1 Å². The molecule has 1 unspecified atom stereocenters. The third kappa shape index (κ3) is 3.73. The molecule has 2 N–H and O–H groups in total. The van der Waals surface area contributed by atoms with Crippen LogP contribution in [-0.4, -0.2) is 41.7 Å². The lowest BCUT2D eigenvalue weighted by atomic mass is 10.2. The quantitative estimate of drug-likeness (QED) is 0.784. The third-order valence-electron chi connectivity index (χ3n) is 3.00. The number of aromatic nitrogens is 1. The van der Waals surface area contributed by atoms with Gasteiger partial charge in [0.2, 0.25) is 5.91 Å². The van der Waals surface area contributed by atoms with Gasteiger partial charge in [-0.3, -0.25) is 4.79 Å². The monoisotopic (exact) mass is 308 g/mol. The Hall–Kier alpha value is -2.61. The van der Waals surface area contributed by atoms with Gasteiger partial charge in [-0.15, -0.1) is 0 Å². The Morgan fingerprint density at radius 3 is 2.86 bits per heavy atom. The Bertz CT molecular complexity index is 646. The van der Waals surface area contributed by atoms with Gasteiger partial charge in [0, 0.05) is 7.11 Å². The van der Waals surface area contributed by atoms with Crippen LogP contribution in [-0.2, 0) is 20.7 Å². The predicted octanol–water partition coefficient (Wildman–Crippen LogP) is 1.00. The number of rotatable bonds is 7. The first-order valence-corrected chi connectivity index (χ1v) is 6.53. The molecule has 0 radical (unpaired) electrons. The zero-order valence-corrected chi connectivity index (χ0v) is 12.2. The number of oxazole rings is 1. The molecular weight excluding hydrogens is 292 g/mol. The first-order valence-electron chi connectivity index (χ1n) is 6.53. The Kier molecular flexibility index (Phi) is 4.95. The van der Waals surface area contributed by atoms with E-state index in [9.17, 15) is 9.59 Å². The summed E-state index contributed by atoms with van der Waals surface area (Å²) in [6.07, 6.45) is 0.394. The van der Waals surface area contributed by atoms with Gasteiger partial charge >= 0.3 is 5.97 Å². The Morgan fingerprint density at radius 2 is 2.27 bits per heavy atom. The fourth-order valence-corrected chi connectivity index (χ4v) is 1.79. The highest BCUT2D eigenvalue weighted by molar-refractivity contribution is 5.80. The van der Waals surface area contributed by atoms with Gasteiger partial charge < -0.3 is 24.0 Å². The second-order valence-corrected chi connectivity index (χ2v) is 4.54.